The predicted octanol–water partition coefficient (Wildman–Crippen LogP) is 4.83. The van der Waals surface area contributed by atoms with Crippen LogP contribution in [-0.2, 0) is 4.79 Å². The number of rotatable bonds is 9. The van der Waals surface area contributed by atoms with Crippen LogP contribution in [0, 0.1) is 6.92 Å². The fraction of sp³-hybridized carbons (Fsp3) is 0.160. The Morgan fingerprint density at radius 2 is 1.76 bits per heavy atom. The second kappa shape index (κ2) is 11.7. The average molecular weight is 466 g/mol. The summed E-state index contributed by atoms with van der Waals surface area (Å²) >= 11 is 6.09. The summed E-state index contributed by atoms with van der Waals surface area (Å²) in [4.78, 5) is 24.5. The molecule has 3 aromatic carbocycles. The van der Waals surface area contributed by atoms with Gasteiger partial charge in [-0.3, -0.25) is 9.59 Å². The molecule has 3 aromatic rings. The first-order chi connectivity index (χ1) is 16.0. The molecule has 170 valence electrons. The van der Waals surface area contributed by atoms with Gasteiger partial charge in [0.1, 0.15) is 11.5 Å². The smallest absolute Gasteiger partial charge is 0.277 e. The predicted molar refractivity (Wildman–Crippen MR) is 129 cm³/mol. The van der Waals surface area contributed by atoms with Gasteiger partial charge in [-0.05, 0) is 67.9 Å². The van der Waals surface area contributed by atoms with E-state index in [4.69, 9.17) is 21.1 Å². The number of anilines is 1. The second-order valence-electron chi connectivity index (χ2n) is 6.94. The third kappa shape index (κ3) is 6.82. The van der Waals surface area contributed by atoms with Crippen molar-refractivity contribution in [2.24, 2.45) is 5.10 Å². The lowest BCUT2D eigenvalue weighted by atomic mass is 10.1. The van der Waals surface area contributed by atoms with Crippen molar-refractivity contribution in [2.45, 2.75) is 13.8 Å². The molecule has 0 atom stereocenters. The largest absolute Gasteiger partial charge is 0.493 e. The summed E-state index contributed by atoms with van der Waals surface area (Å²) in [7, 11) is 0. The van der Waals surface area contributed by atoms with Crippen molar-refractivity contribution in [3.63, 3.8) is 0 Å². The van der Waals surface area contributed by atoms with Gasteiger partial charge >= 0.3 is 0 Å². The molecule has 8 heteroatoms. The molecular weight excluding hydrogens is 442 g/mol. The van der Waals surface area contributed by atoms with E-state index in [2.05, 4.69) is 15.8 Å². The molecule has 33 heavy (non-hydrogen) atoms. The minimum Gasteiger partial charge on any atom is -0.493 e. The van der Waals surface area contributed by atoms with Crippen molar-refractivity contribution in [3.05, 3.63) is 88.4 Å². The average Bonchev–Trinajstić information content (AvgIpc) is 2.82. The second-order valence-corrected chi connectivity index (χ2v) is 7.35. The first-order valence-electron chi connectivity index (χ1n) is 10.3. The standard InChI is InChI=1S/C25H24ClN3O4/c1-3-32-23-10-5-4-7-19(23)15-27-29-24(30)16-33-20-13-11-18(12-14-20)25(31)28-22-9-6-8-21(26)17(22)2/h4-15H,3,16H2,1-2H3,(H,28,31)(H,29,30)/b27-15+. The number of halogens is 1. The van der Waals surface area contributed by atoms with E-state index in [9.17, 15) is 9.59 Å². The van der Waals surface area contributed by atoms with Crippen LogP contribution in [0.4, 0.5) is 5.69 Å². The third-order valence-electron chi connectivity index (χ3n) is 4.61. The van der Waals surface area contributed by atoms with Crippen molar-refractivity contribution in [3.8, 4) is 11.5 Å². The molecule has 3 rings (SSSR count). The molecule has 0 saturated heterocycles. The van der Waals surface area contributed by atoms with Gasteiger partial charge < -0.3 is 14.8 Å². The number of benzene rings is 3. The van der Waals surface area contributed by atoms with Gasteiger partial charge in [-0.15, -0.1) is 0 Å². The quantitative estimate of drug-likeness (QED) is 0.350. The topological polar surface area (TPSA) is 89.0 Å². The maximum absolute atomic E-state index is 12.5. The lowest BCUT2D eigenvalue weighted by Crippen LogP contribution is -2.24. The number of carbonyl (C=O) groups is 2. The van der Waals surface area contributed by atoms with E-state index < -0.39 is 5.91 Å². The Morgan fingerprint density at radius 1 is 1.00 bits per heavy atom. The highest BCUT2D eigenvalue weighted by atomic mass is 35.5. The Balaban J connectivity index is 1.49. The van der Waals surface area contributed by atoms with Crippen LogP contribution in [0.2, 0.25) is 5.02 Å². The fourth-order valence-corrected chi connectivity index (χ4v) is 3.04. The van der Waals surface area contributed by atoms with E-state index in [1.54, 1.807) is 42.5 Å². The summed E-state index contributed by atoms with van der Waals surface area (Å²) in [5.41, 5.74) is 5.05. The van der Waals surface area contributed by atoms with Crippen LogP contribution in [0.1, 0.15) is 28.4 Å². The number of amides is 2. The van der Waals surface area contributed by atoms with Gasteiger partial charge in [0.25, 0.3) is 11.8 Å². The maximum Gasteiger partial charge on any atom is 0.277 e. The fourth-order valence-electron chi connectivity index (χ4n) is 2.87. The maximum atomic E-state index is 12.5. The molecule has 0 bridgehead atoms. The molecular formula is C25H24ClN3O4. The minimum atomic E-state index is -0.418. The summed E-state index contributed by atoms with van der Waals surface area (Å²) in [5.74, 6) is 0.444. The molecule has 0 heterocycles. The molecule has 2 N–H and O–H groups in total. The Bertz CT molecular complexity index is 1150. The SMILES string of the molecule is CCOc1ccccc1/C=N/NC(=O)COc1ccc(C(=O)Nc2cccc(Cl)c2C)cc1. The Labute approximate surface area is 197 Å². The molecule has 0 aliphatic rings. The van der Waals surface area contributed by atoms with Crippen LogP contribution >= 0.6 is 11.6 Å². The van der Waals surface area contributed by atoms with E-state index in [0.29, 0.717) is 34.4 Å². The van der Waals surface area contributed by atoms with Crippen LogP contribution in [0.15, 0.2) is 71.8 Å². The Kier molecular flexibility index (Phi) is 8.43. The highest BCUT2D eigenvalue weighted by molar-refractivity contribution is 6.31. The summed E-state index contributed by atoms with van der Waals surface area (Å²) in [5, 5.41) is 7.35. The van der Waals surface area contributed by atoms with Crippen molar-refractivity contribution >= 4 is 35.3 Å². The van der Waals surface area contributed by atoms with Gasteiger partial charge in [0.15, 0.2) is 6.61 Å². The summed E-state index contributed by atoms with van der Waals surface area (Å²) in [6.45, 7) is 4.04. The van der Waals surface area contributed by atoms with E-state index >= 15 is 0 Å². The molecule has 0 fully saturated rings. The van der Waals surface area contributed by atoms with Crippen molar-refractivity contribution < 1.29 is 19.1 Å². The van der Waals surface area contributed by atoms with E-state index in [-0.39, 0.29) is 12.5 Å². The zero-order chi connectivity index (χ0) is 23.6. The molecule has 2 amide bonds. The Hall–Kier alpha value is -3.84. The van der Waals surface area contributed by atoms with Crippen LogP contribution < -0.4 is 20.2 Å². The first kappa shape index (κ1) is 23.8. The van der Waals surface area contributed by atoms with Gasteiger partial charge in [-0.1, -0.05) is 29.8 Å². The lowest BCUT2D eigenvalue weighted by molar-refractivity contribution is -0.123. The summed E-state index contributed by atoms with van der Waals surface area (Å²) in [6, 6.07) is 19.2. The normalized spacial score (nSPS) is 10.6. The van der Waals surface area contributed by atoms with Crippen molar-refractivity contribution in [1.82, 2.24) is 5.43 Å². The number of hydrazone groups is 1. The number of nitrogens with one attached hydrogen (secondary N) is 2. The zero-order valence-corrected chi connectivity index (χ0v) is 19.1. The number of ether oxygens (including phenoxy) is 2. The van der Waals surface area contributed by atoms with Gasteiger partial charge in [0, 0.05) is 21.8 Å². The van der Waals surface area contributed by atoms with Crippen molar-refractivity contribution in [1.29, 1.82) is 0 Å². The summed E-state index contributed by atoms with van der Waals surface area (Å²) in [6.07, 6.45) is 1.51. The molecule has 0 spiro atoms. The molecule has 7 nitrogen and oxygen atoms in total. The van der Waals surface area contributed by atoms with E-state index in [1.807, 2.05) is 38.1 Å². The highest BCUT2D eigenvalue weighted by Gasteiger charge is 2.10. The van der Waals surface area contributed by atoms with E-state index in [0.717, 1.165) is 11.1 Å². The van der Waals surface area contributed by atoms with E-state index in [1.165, 1.54) is 6.21 Å². The van der Waals surface area contributed by atoms with Crippen LogP contribution in [0.25, 0.3) is 0 Å². The first-order valence-corrected chi connectivity index (χ1v) is 10.7. The highest BCUT2D eigenvalue weighted by Crippen LogP contribution is 2.23. The number of nitrogens with zero attached hydrogens (tertiary/aromatic N) is 1. The summed E-state index contributed by atoms with van der Waals surface area (Å²) < 4.78 is 11.0. The van der Waals surface area contributed by atoms with Gasteiger partial charge in [0.2, 0.25) is 0 Å². The van der Waals surface area contributed by atoms with Gasteiger partial charge in [-0.2, -0.15) is 5.10 Å². The molecule has 0 unspecified atom stereocenters. The number of hydrogen-bond acceptors (Lipinski definition) is 5. The molecule has 0 saturated carbocycles. The number of carbonyl (C=O) groups excluding carboxylic acids is 2. The third-order valence-corrected chi connectivity index (χ3v) is 5.02. The number of hydrogen-bond donors (Lipinski definition) is 2. The Morgan fingerprint density at radius 3 is 2.52 bits per heavy atom. The van der Waals surface area contributed by atoms with Crippen LogP contribution in [-0.4, -0.2) is 31.2 Å². The minimum absolute atomic E-state index is 0.225. The molecule has 0 radical (unpaired) electrons. The monoisotopic (exact) mass is 465 g/mol. The molecule has 0 aliphatic heterocycles. The number of para-hydroxylation sites is 1. The van der Waals surface area contributed by atoms with Gasteiger partial charge in [-0.25, -0.2) is 5.43 Å². The molecule has 0 aromatic heterocycles. The van der Waals surface area contributed by atoms with Crippen LogP contribution in [0.5, 0.6) is 11.5 Å². The zero-order valence-electron chi connectivity index (χ0n) is 18.3. The van der Waals surface area contributed by atoms with Crippen LogP contribution in [0.3, 0.4) is 0 Å². The lowest BCUT2D eigenvalue weighted by Gasteiger charge is -2.10. The molecule has 0 aliphatic carbocycles. The van der Waals surface area contributed by atoms with Crippen molar-refractivity contribution in [2.75, 3.05) is 18.5 Å². The van der Waals surface area contributed by atoms with Gasteiger partial charge in [0.05, 0.1) is 12.8 Å².